The molecule has 0 unspecified atom stereocenters. The number of hydrogen-bond donors (Lipinski definition) is 0. The van der Waals surface area contributed by atoms with Gasteiger partial charge in [-0.1, -0.05) is 200 Å². The van der Waals surface area contributed by atoms with E-state index in [4.69, 9.17) is 0 Å². The van der Waals surface area contributed by atoms with E-state index in [1.165, 1.54) is 160 Å². The number of benzene rings is 15. The van der Waals surface area contributed by atoms with Crippen LogP contribution in [-0.4, -0.2) is 18.3 Å². The van der Waals surface area contributed by atoms with Crippen molar-refractivity contribution in [3.8, 4) is 78.4 Å². The van der Waals surface area contributed by atoms with E-state index in [0.29, 0.717) is 0 Å². The molecule has 19 aromatic rings. The van der Waals surface area contributed by atoms with Crippen LogP contribution in [-0.2, 0) is 12.8 Å². The van der Waals surface area contributed by atoms with E-state index in [-0.39, 0.29) is 0 Å². The molecule has 0 aliphatic carbocycles. The first-order valence-electron chi connectivity index (χ1n) is 33.8. The van der Waals surface area contributed by atoms with Crippen LogP contribution < -0.4 is 0 Å². The molecule has 19 rings (SSSR count). The van der Waals surface area contributed by atoms with Crippen molar-refractivity contribution in [1.29, 1.82) is 0 Å². The smallest absolute Gasteiger partial charge is 0.0541 e. The molecule has 0 radical (unpaired) electrons. The highest BCUT2D eigenvalue weighted by molar-refractivity contribution is 6.16. The molecule has 0 fully saturated rings. The lowest BCUT2D eigenvalue weighted by Crippen LogP contribution is -1.96. The van der Waals surface area contributed by atoms with Crippen LogP contribution in [0.2, 0.25) is 0 Å². The van der Waals surface area contributed by atoms with Gasteiger partial charge in [-0.2, -0.15) is 0 Å². The molecule has 4 aromatic heterocycles. The average molecular weight is 1240 g/mol. The minimum atomic E-state index is 0.978. The van der Waals surface area contributed by atoms with Crippen molar-refractivity contribution in [2.75, 3.05) is 0 Å². The van der Waals surface area contributed by atoms with E-state index in [2.05, 4.69) is 371 Å². The molecule has 4 heterocycles. The molecular formula is C93H64N4. The fourth-order valence-corrected chi connectivity index (χ4v) is 15.7. The summed E-state index contributed by atoms with van der Waals surface area (Å²) in [5.74, 6) is 0. The topological polar surface area (TPSA) is 19.7 Å². The first-order valence-corrected chi connectivity index (χ1v) is 33.8. The molecule has 0 N–H and O–H groups in total. The molecule has 4 heteroatoms. The van der Waals surface area contributed by atoms with Gasteiger partial charge in [0, 0.05) is 65.8 Å². The molecule has 0 bridgehead atoms. The molecule has 456 valence electrons. The van der Waals surface area contributed by atoms with Gasteiger partial charge in [-0.25, -0.2) is 0 Å². The summed E-state index contributed by atoms with van der Waals surface area (Å²) < 4.78 is 9.69. The minimum absolute atomic E-state index is 0.978. The van der Waals surface area contributed by atoms with Crippen molar-refractivity contribution >= 4 is 87.2 Å². The summed E-state index contributed by atoms with van der Waals surface area (Å²) in [7, 11) is 0. The molecule has 97 heavy (non-hydrogen) atoms. The Morgan fingerprint density at radius 2 is 0.464 bits per heavy atom. The fourth-order valence-electron chi connectivity index (χ4n) is 15.7. The third-order valence-electron chi connectivity index (χ3n) is 20.4. The zero-order valence-electron chi connectivity index (χ0n) is 53.6. The Balaban J connectivity index is 0.739. The third kappa shape index (κ3) is 9.43. The number of nitrogens with zero attached hydrogens (tertiary/aromatic N) is 4. The van der Waals surface area contributed by atoms with Gasteiger partial charge in [-0.15, -0.1) is 0 Å². The Hall–Kier alpha value is -12.5. The predicted octanol–water partition coefficient (Wildman–Crippen LogP) is 24.5. The predicted molar refractivity (Wildman–Crippen MR) is 410 cm³/mol. The van der Waals surface area contributed by atoms with Gasteiger partial charge in [-0.05, 0) is 238 Å². The van der Waals surface area contributed by atoms with Gasteiger partial charge in [0.2, 0.25) is 0 Å². The SMILES string of the molecule is Cc1ccc(-c2ccc3c(c2)c2cc(-c4ccc5c(c4)c4cc(-c6ccc7c(c6)c6cc(-c8ccc9c(c8)c8ccccc8n9-c8ccccc8)ccc6n7-c6ccccc6)ccc4n5-c4ccccc4)ccc2n3-c2ccccc2)cc1-c1ccccc1CCc1ccccc1. The highest BCUT2D eigenvalue weighted by atomic mass is 15.0. The second-order valence-corrected chi connectivity index (χ2v) is 26.0. The van der Waals surface area contributed by atoms with E-state index in [1.807, 2.05) is 0 Å². The summed E-state index contributed by atoms with van der Waals surface area (Å²) in [6.07, 6.45) is 1.98. The van der Waals surface area contributed by atoms with Crippen LogP contribution in [0.1, 0.15) is 16.7 Å². The van der Waals surface area contributed by atoms with Gasteiger partial charge >= 0.3 is 0 Å². The van der Waals surface area contributed by atoms with Crippen molar-refractivity contribution < 1.29 is 0 Å². The summed E-state index contributed by atoms with van der Waals surface area (Å²) in [5.41, 5.74) is 30.1. The Bertz CT molecular complexity index is 6290. The van der Waals surface area contributed by atoms with E-state index in [9.17, 15) is 0 Å². The van der Waals surface area contributed by atoms with Gasteiger partial charge in [0.1, 0.15) is 0 Å². The van der Waals surface area contributed by atoms with Gasteiger partial charge in [0.25, 0.3) is 0 Å². The normalized spacial score (nSPS) is 11.8. The molecule has 0 aliphatic heterocycles. The number of rotatable bonds is 12. The highest BCUT2D eigenvalue weighted by Gasteiger charge is 2.22. The number of aryl methyl sites for hydroxylation is 3. The summed E-state index contributed by atoms with van der Waals surface area (Å²) in [5, 5.41) is 9.77. The van der Waals surface area contributed by atoms with E-state index < -0.39 is 0 Å². The lowest BCUT2D eigenvalue weighted by Gasteiger charge is -2.14. The molecule has 0 atom stereocenters. The van der Waals surface area contributed by atoms with Crippen LogP contribution >= 0.6 is 0 Å². The van der Waals surface area contributed by atoms with Crippen LogP contribution in [0.5, 0.6) is 0 Å². The lowest BCUT2D eigenvalue weighted by atomic mass is 9.90. The second kappa shape index (κ2) is 22.9. The molecule has 15 aromatic carbocycles. The number of hydrogen-bond acceptors (Lipinski definition) is 0. The Kier molecular flexibility index (Phi) is 13.2. The third-order valence-corrected chi connectivity index (χ3v) is 20.4. The van der Waals surface area contributed by atoms with Crippen LogP contribution in [0.25, 0.3) is 166 Å². The quantitative estimate of drug-likeness (QED) is 0.116. The van der Waals surface area contributed by atoms with Crippen LogP contribution in [0, 0.1) is 6.92 Å². The number of para-hydroxylation sites is 5. The van der Waals surface area contributed by atoms with E-state index >= 15 is 0 Å². The standard InChI is InChI=1S/C93H64N4/c1-61-35-37-64(53-78(61)76-32-18-17-23-63(76)38-36-62-21-7-2-8-22-62)66-40-47-88-80(55-66)82-57-68(42-49-90(82)95(88)73-26-11-4-12-27-73)70-44-51-92-84(59-70)85-60-71(45-52-93(85)97(92)75-30-15-6-16-31-75)69-43-50-91-83(58-69)81-56-67(41-48-89(81)96(91)74-28-13-5-14-29-74)65-39-46-87-79(54-65)77-33-19-20-34-86(77)94(87)72-24-9-3-10-25-72/h2-35,37,39-60H,36,38H2,1H3. The largest absolute Gasteiger partial charge is 0.309 e. The summed E-state index contributed by atoms with van der Waals surface area (Å²) in [4.78, 5) is 0. The Morgan fingerprint density at radius 3 is 0.825 bits per heavy atom. The molecule has 4 nitrogen and oxygen atoms in total. The van der Waals surface area contributed by atoms with Crippen LogP contribution in [0.4, 0.5) is 0 Å². The number of fused-ring (bicyclic) bond motifs is 12. The van der Waals surface area contributed by atoms with Crippen LogP contribution in [0.3, 0.4) is 0 Å². The summed E-state index contributed by atoms with van der Waals surface area (Å²) >= 11 is 0. The molecule has 0 spiro atoms. The minimum Gasteiger partial charge on any atom is -0.309 e. The van der Waals surface area contributed by atoms with Crippen molar-refractivity contribution in [3.63, 3.8) is 0 Å². The fraction of sp³-hybridized carbons (Fsp3) is 0.0323. The monoisotopic (exact) mass is 1240 g/mol. The van der Waals surface area contributed by atoms with Gasteiger partial charge in [0.05, 0.1) is 44.1 Å². The molecule has 0 saturated heterocycles. The molecule has 0 saturated carbocycles. The summed E-state index contributed by atoms with van der Waals surface area (Å²) in [6.45, 7) is 2.25. The maximum atomic E-state index is 2.44. The van der Waals surface area contributed by atoms with Gasteiger partial charge in [0.15, 0.2) is 0 Å². The number of aromatic nitrogens is 4. The average Bonchev–Trinajstić information content (AvgIpc) is 1.59. The molecular weight excluding hydrogens is 1170 g/mol. The van der Waals surface area contributed by atoms with Gasteiger partial charge in [-0.3, -0.25) is 0 Å². The molecule has 0 amide bonds. The van der Waals surface area contributed by atoms with Crippen LogP contribution in [0.15, 0.2) is 346 Å². The van der Waals surface area contributed by atoms with Crippen molar-refractivity contribution in [2.45, 2.75) is 19.8 Å². The molecule has 0 aliphatic rings. The maximum Gasteiger partial charge on any atom is 0.0541 e. The van der Waals surface area contributed by atoms with Gasteiger partial charge < -0.3 is 18.3 Å². The lowest BCUT2D eigenvalue weighted by molar-refractivity contribution is 0.962. The first kappa shape index (κ1) is 56.1. The maximum absolute atomic E-state index is 2.44. The Morgan fingerprint density at radius 1 is 0.196 bits per heavy atom. The van der Waals surface area contributed by atoms with Crippen molar-refractivity contribution in [3.05, 3.63) is 362 Å². The van der Waals surface area contributed by atoms with E-state index in [1.54, 1.807) is 0 Å². The first-order chi connectivity index (χ1) is 48.0. The zero-order chi connectivity index (χ0) is 64.1. The highest BCUT2D eigenvalue weighted by Crippen LogP contribution is 2.44. The second-order valence-electron chi connectivity index (χ2n) is 26.0. The van der Waals surface area contributed by atoms with Crippen molar-refractivity contribution in [1.82, 2.24) is 18.3 Å². The van der Waals surface area contributed by atoms with E-state index in [0.717, 1.165) is 35.6 Å². The summed E-state index contributed by atoms with van der Waals surface area (Å²) in [6, 6.07) is 128. The zero-order valence-corrected chi connectivity index (χ0v) is 53.6. The van der Waals surface area contributed by atoms with Crippen molar-refractivity contribution in [2.24, 2.45) is 0 Å². The Labute approximate surface area is 562 Å².